The summed E-state index contributed by atoms with van der Waals surface area (Å²) >= 11 is 0. The zero-order valence-electron chi connectivity index (χ0n) is 13.0. The van der Waals surface area contributed by atoms with Gasteiger partial charge < -0.3 is 10.5 Å². The SMILES string of the molecule is C[C@@H]1C(=NO)[C@H](C)[C@H](c2ccccc2)N[C@@H]1c1ccccc1. The van der Waals surface area contributed by atoms with E-state index in [1.165, 1.54) is 11.1 Å². The lowest BCUT2D eigenvalue weighted by Crippen LogP contribution is -2.46. The molecule has 0 aliphatic carbocycles. The van der Waals surface area contributed by atoms with Crippen molar-refractivity contribution < 1.29 is 5.21 Å². The van der Waals surface area contributed by atoms with Gasteiger partial charge in [0.05, 0.1) is 5.71 Å². The van der Waals surface area contributed by atoms with E-state index in [2.05, 4.69) is 72.9 Å². The Morgan fingerprint density at radius 1 is 0.773 bits per heavy atom. The second kappa shape index (κ2) is 6.32. The van der Waals surface area contributed by atoms with Crippen LogP contribution in [0.15, 0.2) is 65.8 Å². The van der Waals surface area contributed by atoms with Gasteiger partial charge in [0.15, 0.2) is 0 Å². The van der Waals surface area contributed by atoms with E-state index >= 15 is 0 Å². The third-order valence-corrected chi connectivity index (χ3v) is 4.73. The van der Waals surface area contributed by atoms with Crippen LogP contribution in [0.4, 0.5) is 0 Å². The van der Waals surface area contributed by atoms with Crippen LogP contribution < -0.4 is 5.32 Å². The van der Waals surface area contributed by atoms with Crippen molar-refractivity contribution in [3.05, 3.63) is 71.8 Å². The Kier molecular flexibility index (Phi) is 4.25. The fourth-order valence-electron chi connectivity index (χ4n) is 3.51. The van der Waals surface area contributed by atoms with Crippen molar-refractivity contribution in [2.45, 2.75) is 25.9 Å². The normalized spacial score (nSPS) is 30.4. The molecule has 0 saturated carbocycles. The molecule has 0 spiro atoms. The number of nitrogens with one attached hydrogen (secondary N) is 1. The third kappa shape index (κ3) is 2.64. The number of hydrogen-bond acceptors (Lipinski definition) is 3. The highest BCUT2D eigenvalue weighted by Crippen LogP contribution is 2.38. The van der Waals surface area contributed by atoms with Gasteiger partial charge in [0.2, 0.25) is 0 Å². The molecule has 22 heavy (non-hydrogen) atoms. The maximum atomic E-state index is 9.52. The number of nitrogens with zero attached hydrogens (tertiary/aromatic N) is 1. The first kappa shape index (κ1) is 14.8. The average Bonchev–Trinajstić information content (AvgIpc) is 2.57. The van der Waals surface area contributed by atoms with E-state index in [1.807, 2.05) is 12.1 Å². The highest BCUT2D eigenvalue weighted by atomic mass is 16.4. The summed E-state index contributed by atoms with van der Waals surface area (Å²) in [6, 6.07) is 21.0. The number of oxime groups is 1. The van der Waals surface area contributed by atoms with E-state index in [9.17, 15) is 5.21 Å². The molecule has 0 radical (unpaired) electrons. The van der Waals surface area contributed by atoms with Crippen LogP contribution in [0.3, 0.4) is 0 Å². The third-order valence-electron chi connectivity index (χ3n) is 4.73. The summed E-state index contributed by atoms with van der Waals surface area (Å²) in [5, 5.41) is 16.9. The lowest BCUT2D eigenvalue weighted by Gasteiger charge is -2.41. The van der Waals surface area contributed by atoms with Gasteiger partial charge in [0.25, 0.3) is 0 Å². The van der Waals surface area contributed by atoms with Crippen LogP contribution >= 0.6 is 0 Å². The van der Waals surface area contributed by atoms with Gasteiger partial charge in [-0.2, -0.15) is 0 Å². The lowest BCUT2D eigenvalue weighted by molar-refractivity contribution is 0.271. The predicted molar refractivity (Wildman–Crippen MR) is 89.1 cm³/mol. The molecule has 2 aromatic rings. The van der Waals surface area contributed by atoms with Crippen LogP contribution in [0, 0.1) is 11.8 Å². The molecule has 1 aliphatic rings. The molecule has 0 unspecified atom stereocenters. The van der Waals surface area contributed by atoms with Gasteiger partial charge in [-0.1, -0.05) is 79.7 Å². The molecule has 2 N–H and O–H groups in total. The molecule has 2 aromatic carbocycles. The van der Waals surface area contributed by atoms with E-state index in [1.54, 1.807) is 0 Å². The highest BCUT2D eigenvalue weighted by Gasteiger charge is 2.38. The highest BCUT2D eigenvalue weighted by molar-refractivity contribution is 5.90. The Morgan fingerprint density at radius 3 is 1.55 bits per heavy atom. The monoisotopic (exact) mass is 294 g/mol. The summed E-state index contributed by atoms with van der Waals surface area (Å²) in [6.07, 6.45) is 0. The van der Waals surface area contributed by atoms with Gasteiger partial charge in [-0.3, -0.25) is 0 Å². The van der Waals surface area contributed by atoms with Crippen molar-refractivity contribution >= 4 is 5.71 Å². The van der Waals surface area contributed by atoms with Crippen LogP contribution in [0.5, 0.6) is 0 Å². The largest absolute Gasteiger partial charge is 0.411 e. The summed E-state index contributed by atoms with van der Waals surface area (Å²) in [5.41, 5.74) is 3.31. The number of rotatable bonds is 2. The summed E-state index contributed by atoms with van der Waals surface area (Å²) < 4.78 is 0. The molecule has 1 fully saturated rings. The Morgan fingerprint density at radius 2 is 1.18 bits per heavy atom. The first-order chi connectivity index (χ1) is 10.7. The maximum absolute atomic E-state index is 9.52. The Hall–Kier alpha value is -2.13. The molecule has 3 rings (SSSR count). The summed E-state index contributed by atoms with van der Waals surface area (Å²) in [7, 11) is 0. The van der Waals surface area contributed by atoms with Gasteiger partial charge in [0, 0.05) is 23.9 Å². The number of hydrogen-bond donors (Lipinski definition) is 2. The number of piperidine rings is 1. The average molecular weight is 294 g/mol. The first-order valence-corrected chi connectivity index (χ1v) is 7.80. The molecule has 3 nitrogen and oxygen atoms in total. The van der Waals surface area contributed by atoms with E-state index in [0.717, 1.165) is 5.71 Å². The van der Waals surface area contributed by atoms with Gasteiger partial charge in [-0.05, 0) is 11.1 Å². The molecule has 0 aromatic heterocycles. The van der Waals surface area contributed by atoms with Crippen molar-refractivity contribution in [3.63, 3.8) is 0 Å². The van der Waals surface area contributed by atoms with Crippen molar-refractivity contribution in [1.29, 1.82) is 0 Å². The van der Waals surface area contributed by atoms with Crippen LogP contribution in [0.1, 0.15) is 37.1 Å². The molecule has 0 bridgehead atoms. The molecule has 1 heterocycles. The van der Waals surface area contributed by atoms with Crippen LogP contribution in [-0.2, 0) is 0 Å². The van der Waals surface area contributed by atoms with Gasteiger partial charge in [-0.25, -0.2) is 0 Å². The van der Waals surface area contributed by atoms with Gasteiger partial charge in [0.1, 0.15) is 0 Å². The smallest absolute Gasteiger partial charge is 0.0664 e. The van der Waals surface area contributed by atoms with E-state index in [-0.39, 0.29) is 23.9 Å². The Bertz CT molecular complexity index is 585. The van der Waals surface area contributed by atoms with Gasteiger partial charge in [-0.15, -0.1) is 0 Å². The number of benzene rings is 2. The topological polar surface area (TPSA) is 44.6 Å². The molecule has 1 saturated heterocycles. The molecule has 4 atom stereocenters. The molecular formula is C19H22N2O. The van der Waals surface area contributed by atoms with Crippen molar-refractivity contribution in [1.82, 2.24) is 5.32 Å². The summed E-state index contributed by atoms with van der Waals surface area (Å²) in [5.74, 6) is 0.310. The zero-order valence-corrected chi connectivity index (χ0v) is 13.0. The molecular weight excluding hydrogens is 272 g/mol. The van der Waals surface area contributed by atoms with Crippen LogP contribution in [-0.4, -0.2) is 10.9 Å². The zero-order chi connectivity index (χ0) is 15.5. The molecule has 3 heteroatoms. The minimum Gasteiger partial charge on any atom is -0.411 e. The Balaban J connectivity index is 1.99. The minimum absolute atomic E-state index is 0.147. The fraction of sp³-hybridized carbons (Fsp3) is 0.316. The van der Waals surface area contributed by atoms with E-state index in [4.69, 9.17) is 0 Å². The lowest BCUT2D eigenvalue weighted by atomic mass is 9.75. The Labute approximate surface area is 131 Å². The predicted octanol–water partition coefficient (Wildman–Crippen LogP) is 4.17. The van der Waals surface area contributed by atoms with Crippen molar-refractivity contribution in [2.24, 2.45) is 17.0 Å². The minimum atomic E-state index is 0.147. The molecule has 0 amide bonds. The van der Waals surface area contributed by atoms with Crippen molar-refractivity contribution in [2.75, 3.05) is 0 Å². The van der Waals surface area contributed by atoms with Crippen LogP contribution in [0.25, 0.3) is 0 Å². The van der Waals surface area contributed by atoms with Crippen LogP contribution in [0.2, 0.25) is 0 Å². The summed E-state index contributed by atoms with van der Waals surface area (Å²) in [6.45, 7) is 4.24. The van der Waals surface area contributed by atoms with Gasteiger partial charge >= 0.3 is 0 Å². The van der Waals surface area contributed by atoms with E-state index in [0.29, 0.717) is 0 Å². The second-order valence-electron chi connectivity index (χ2n) is 6.05. The summed E-state index contributed by atoms with van der Waals surface area (Å²) in [4.78, 5) is 0. The first-order valence-electron chi connectivity index (χ1n) is 7.80. The fourth-order valence-corrected chi connectivity index (χ4v) is 3.51. The van der Waals surface area contributed by atoms with E-state index < -0.39 is 0 Å². The van der Waals surface area contributed by atoms with Crippen molar-refractivity contribution in [3.8, 4) is 0 Å². The maximum Gasteiger partial charge on any atom is 0.0664 e. The second-order valence-corrected chi connectivity index (χ2v) is 6.05. The quantitative estimate of drug-likeness (QED) is 0.645. The molecule has 1 aliphatic heterocycles. The molecule has 114 valence electrons. The standard InChI is InChI=1S/C19H22N2O/c1-13-17(21-22)14(2)19(16-11-7-4-8-12-16)20-18(13)15-9-5-3-6-10-15/h3-14,18-20,22H,1-2H3/t13-,14+,18+,19-.